The Hall–Kier alpha value is -1.33. The zero-order valence-electron chi connectivity index (χ0n) is 15.2. The molecule has 3 aliphatic rings. The van der Waals surface area contributed by atoms with Crippen LogP contribution >= 0.6 is 0 Å². The number of furan rings is 1. The summed E-state index contributed by atoms with van der Waals surface area (Å²) < 4.78 is 17.6. The molecule has 2 saturated heterocycles. The maximum absolute atomic E-state index is 12.6. The molecule has 25 heavy (non-hydrogen) atoms. The maximum Gasteiger partial charge on any atom is 0.257 e. The number of carbonyl (C=O) groups excluding carboxylic acids is 1. The first-order chi connectivity index (χ1) is 12.2. The molecule has 0 aromatic carbocycles. The van der Waals surface area contributed by atoms with Crippen LogP contribution in [0, 0.1) is 12.8 Å². The molecule has 1 saturated carbocycles. The summed E-state index contributed by atoms with van der Waals surface area (Å²) in [4.78, 5) is 14.5. The van der Waals surface area contributed by atoms with Gasteiger partial charge in [-0.2, -0.15) is 0 Å². The van der Waals surface area contributed by atoms with Gasteiger partial charge in [-0.25, -0.2) is 0 Å². The quantitative estimate of drug-likeness (QED) is 0.836. The van der Waals surface area contributed by atoms with E-state index in [1.165, 1.54) is 25.7 Å². The number of carbonyl (C=O) groups is 1. The van der Waals surface area contributed by atoms with Gasteiger partial charge in [0.15, 0.2) is 0 Å². The van der Waals surface area contributed by atoms with Crippen LogP contribution in [0.25, 0.3) is 0 Å². The highest BCUT2D eigenvalue weighted by molar-refractivity contribution is 5.95. The van der Waals surface area contributed by atoms with E-state index in [4.69, 9.17) is 13.9 Å². The van der Waals surface area contributed by atoms with Crippen LogP contribution < -0.4 is 0 Å². The molecule has 3 heterocycles. The number of ether oxygens (including phenoxy) is 2. The van der Waals surface area contributed by atoms with Crippen LogP contribution in [-0.2, 0) is 9.47 Å². The summed E-state index contributed by atoms with van der Waals surface area (Å²) in [5.74, 6) is 1.53. The molecule has 1 aliphatic carbocycles. The normalized spacial score (nSPS) is 26.6. The molecule has 2 aliphatic heterocycles. The molecule has 3 fully saturated rings. The van der Waals surface area contributed by atoms with Crippen molar-refractivity contribution in [3.8, 4) is 0 Å². The third kappa shape index (κ3) is 3.63. The molecule has 1 spiro atoms. The molecular formula is C20H29NO4. The summed E-state index contributed by atoms with van der Waals surface area (Å²) >= 11 is 0. The SMILES string of the molecule is Cc1occc1C(=O)N1CCC2(CC1)CC(OCC1CCCC1)CO2. The molecule has 0 N–H and O–H groups in total. The second kappa shape index (κ2) is 7.12. The maximum atomic E-state index is 12.6. The number of aryl methyl sites for hydroxylation is 1. The van der Waals surface area contributed by atoms with Crippen molar-refractivity contribution in [2.24, 2.45) is 5.92 Å². The van der Waals surface area contributed by atoms with Crippen molar-refractivity contribution >= 4 is 5.91 Å². The predicted molar refractivity (Wildman–Crippen MR) is 93.6 cm³/mol. The molecule has 4 rings (SSSR count). The number of rotatable bonds is 4. The van der Waals surface area contributed by atoms with Crippen LogP contribution in [-0.4, -0.2) is 48.8 Å². The third-order valence-corrected chi connectivity index (χ3v) is 6.27. The second-order valence-corrected chi connectivity index (χ2v) is 7.99. The lowest BCUT2D eigenvalue weighted by Crippen LogP contribution is -2.46. The van der Waals surface area contributed by atoms with E-state index in [-0.39, 0.29) is 17.6 Å². The molecule has 0 bridgehead atoms. The fraction of sp³-hybridized carbons (Fsp3) is 0.750. The summed E-state index contributed by atoms with van der Waals surface area (Å²) in [7, 11) is 0. The number of likely N-dealkylation sites (tertiary alicyclic amines) is 1. The molecule has 1 atom stereocenters. The second-order valence-electron chi connectivity index (χ2n) is 7.99. The Morgan fingerprint density at radius 2 is 2.08 bits per heavy atom. The van der Waals surface area contributed by atoms with Gasteiger partial charge in [-0.05, 0) is 44.6 Å². The largest absolute Gasteiger partial charge is 0.469 e. The Labute approximate surface area is 149 Å². The van der Waals surface area contributed by atoms with E-state index in [1.807, 2.05) is 11.8 Å². The van der Waals surface area contributed by atoms with E-state index in [0.29, 0.717) is 17.9 Å². The third-order valence-electron chi connectivity index (χ3n) is 6.27. The van der Waals surface area contributed by atoms with Crippen molar-refractivity contribution in [2.75, 3.05) is 26.3 Å². The van der Waals surface area contributed by atoms with Gasteiger partial charge in [0.2, 0.25) is 0 Å². The van der Waals surface area contributed by atoms with Crippen molar-refractivity contribution in [3.05, 3.63) is 23.7 Å². The Bertz CT molecular complexity index is 597. The summed E-state index contributed by atoms with van der Waals surface area (Å²) in [5, 5.41) is 0. The zero-order valence-corrected chi connectivity index (χ0v) is 15.2. The number of nitrogens with zero attached hydrogens (tertiary/aromatic N) is 1. The van der Waals surface area contributed by atoms with E-state index < -0.39 is 0 Å². The Morgan fingerprint density at radius 3 is 2.76 bits per heavy atom. The van der Waals surface area contributed by atoms with Gasteiger partial charge >= 0.3 is 0 Å². The van der Waals surface area contributed by atoms with Crippen LogP contribution in [0.5, 0.6) is 0 Å². The molecular weight excluding hydrogens is 318 g/mol. The van der Waals surface area contributed by atoms with E-state index in [0.717, 1.165) is 44.9 Å². The van der Waals surface area contributed by atoms with E-state index in [9.17, 15) is 4.79 Å². The lowest BCUT2D eigenvalue weighted by Gasteiger charge is -2.38. The molecule has 1 amide bonds. The van der Waals surface area contributed by atoms with E-state index >= 15 is 0 Å². The minimum absolute atomic E-state index is 0.0770. The van der Waals surface area contributed by atoms with Gasteiger partial charge in [0.25, 0.3) is 5.91 Å². The summed E-state index contributed by atoms with van der Waals surface area (Å²) in [6.07, 6.45) is 9.97. The smallest absolute Gasteiger partial charge is 0.257 e. The highest BCUT2D eigenvalue weighted by Crippen LogP contribution is 2.38. The van der Waals surface area contributed by atoms with Crippen LogP contribution in [0.3, 0.4) is 0 Å². The van der Waals surface area contributed by atoms with E-state index in [1.54, 1.807) is 12.3 Å². The fourth-order valence-electron chi connectivity index (χ4n) is 4.60. The van der Waals surface area contributed by atoms with Crippen LogP contribution in [0.4, 0.5) is 0 Å². The van der Waals surface area contributed by atoms with Gasteiger partial charge in [-0.3, -0.25) is 4.79 Å². The average molecular weight is 347 g/mol. The number of hydrogen-bond acceptors (Lipinski definition) is 4. The topological polar surface area (TPSA) is 51.9 Å². The van der Waals surface area contributed by atoms with E-state index in [2.05, 4.69) is 0 Å². The van der Waals surface area contributed by atoms with Gasteiger partial charge in [0.1, 0.15) is 5.76 Å². The van der Waals surface area contributed by atoms with Gasteiger partial charge in [-0.15, -0.1) is 0 Å². The first-order valence-electron chi connectivity index (χ1n) is 9.74. The Kier molecular flexibility index (Phi) is 4.87. The average Bonchev–Trinajstić information content (AvgIpc) is 3.35. The Morgan fingerprint density at radius 1 is 1.32 bits per heavy atom. The predicted octanol–water partition coefficient (Wildman–Crippen LogP) is 3.56. The number of amides is 1. The minimum atomic E-state index is -0.0808. The zero-order chi connectivity index (χ0) is 17.3. The minimum Gasteiger partial charge on any atom is -0.469 e. The lowest BCUT2D eigenvalue weighted by molar-refractivity contribution is -0.0414. The molecule has 1 aromatic heterocycles. The molecule has 5 heteroatoms. The molecule has 0 radical (unpaired) electrons. The van der Waals surface area contributed by atoms with Crippen molar-refractivity contribution in [1.82, 2.24) is 4.90 Å². The fourth-order valence-corrected chi connectivity index (χ4v) is 4.60. The number of hydrogen-bond donors (Lipinski definition) is 0. The van der Waals surface area contributed by atoms with Gasteiger partial charge in [0, 0.05) is 26.1 Å². The highest BCUT2D eigenvalue weighted by atomic mass is 16.6. The summed E-state index contributed by atoms with van der Waals surface area (Å²) in [6.45, 7) is 4.94. The van der Waals surface area contributed by atoms with Gasteiger partial charge < -0.3 is 18.8 Å². The van der Waals surface area contributed by atoms with Crippen molar-refractivity contribution in [3.63, 3.8) is 0 Å². The van der Waals surface area contributed by atoms with Crippen molar-refractivity contribution in [2.45, 2.75) is 63.6 Å². The van der Waals surface area contributed by atoms with Gasteiger partial charge in [0.05, 0.1) is 30.1 Å². The summed E-state index contributed by atoms with van der Waals surface area (Å²) in [6, 6.07) is 1.76. The van der Waals surface area contributed by atoms with Gasteiger partial charge in [-0.1, -0.05) is 12.8 Å². The highest BCUT2D eigenvalue weighted by Gasteiger charge is 2.44. The first-order valence-corrected chi connectivity index (χ1v) is 9.74. The number of piperidine rings is 1. The van der Waals surface area contributed by atoms with Crippen molar-refractivity contribution in [1.29, 1.82) is 0 Å². The first kappa shape index (κ1) is 17.1. The molecule has 1 unspecified atom stereocenters. The van der Waals surface area contributed by atoms with Crippen LogP contribution in [0.2, 0.25) is 0 Å². The molecule has 5 nitrogen and oxygen atoms in total. The van der Waals surface area contributed by atoms with Crippen LogP contribution in [0.1, 0.15) is 61.1 Å². The lowest BCUT2D eigenvalue weighted by atomic mass is 9.87. The molecule has 1 aromatic rings. The van der Waals surface area contributed by atoms with Crippen molar-refractivity contribution < 1.29 is 18.7 Å². The van der Waals surface area contributed by atoms with Crippen LogP contribution in [0.15, 0.2) is 16.7 Å². The summed E-state index contributed by atoms with van der Waals surface area (Å²) in [5.41, 5.74) is 0.601. The monoisotopic (exact) mass is 347 g/mol. The molecule has 138 valence electrons. The Balaban J connectivity index is 1.27. The standard InChI is InChI=1S/C20H29NO4/c1-15-18(6-11-23-15)19(22)21-9-7-20(8-10-21)12-17(14-25-20)24-13-16-4-2-3-5-16/h6,11,16-17H,2-5,7-10,12-14H2,1H3.